The van der Waals surface area contributed by atoms with Crippen LogP contribution in [0.2, 0.25) is 0 Å². The molecule has 1 aliphatic heterocycles. The highest BCUT2D eigenvalue weighted by molar-refractivity contribution is 14.1. The Hall–Kier alpha value is 0.120. The standard InChI is InChI=1S/C8H15IN2O2/c1-10-3-4-11(9)6-7(5-10)8(12)13-2/h7H,3-6H2,1-2H3. The molecule has 0 radical (unpaired) electrons. The molecule has 1 unspecified atom stereocenters. The van der Waals surface area contributed by atoms with Crippen molar-refractivity contribution < 1.29 is 9.53 Å². The minimum Gasteiger partial charge on any atom is -0.469 e. The number of esters is 1. The number of hydrogen-bond acceptors (Lipinski definition) is 4. The van der Waals surface area contributed by atoms with Crippen LogP contribution in [0.25, 0.3) is 0 Å². The van der Waals surface area contributed by atoms with Gasteiger partial charge in [-0.15, -0.1) is 0 Å². The highest BCUT2D eigenvalue weighted by Crippen LogP contribution is 2.12. The summed E-state index contributed by atoms with van der Waals surface area (Å²) in [4.78, 5) is 13.5. The highest BCUT2D eigenvalue weighted by Gasteiger charge is 2.25. The second-order valence-electron chi connectivity index (χ2n) is 3.35. The van der Waals surface area contributed by atoms with E-state index in [0.717, 1.165) is 26.2 Å². The lowest BCUT2D eigenvalue weighted by molar-refractivity contribution is -0.145. The van der Waals surface area contributed by atoms with Gasteiger partial charge in [0.15, 0.2) is 0 Å². The summed E-state index contributed by atoms with van der Waals surface area (Å²) in [5.74, 6) is -0.107. The van der Waals surface area contributed by atoms with E-state index in [1.807, 2.05) is 7.05 Å². The minimum atomic E-state index is -0.101. The Kier molecular flexibility index (Phi) is 4.40. The number of methoxy groups -OCH3 is 1. The zero-order valence-corrected chi connectivity index (χ0v) is 10.2. The largest absolute Gasteiger partial charge is 0.469 e. The van der Waals surface area contributed by atoms with E-state index in [4.69, 9.17) is 4.74 Å². The molecule has 0 aliphatic carbocycles. The zero-order chi connectivity index (χ0) is 9.84. The monoisotopic (exact) mass is 298 g/mol. The smallest absolute Gasteiger partial charge is 0.311 e. The van der Waals surface area contributed by atoms with Crippen molar-refractivity contribution in [3.63, 3.8) is 0 Å². The third-order valence-electron chi connectivity index (χ3n) is 2.21. The predicted molar refractivity (Wildman–Crippen MR) is 58.6 cm³/mol. The van der Waals surface area contributed by atoms with Crippen molar-refractivity contribution >= 4 is 28.8 Å². The fraction of sp³-hybridized carbons (Fsp3) is 0.875. The molecule has 0 spiro atoms. The molecule has 5 heteroatoms. The first-order valence-electron chi connectivity index (χ1n) is 4.30. The second kappa shape index (κ2) is 5.11. The van der Waals surface area contributed by atoms with Crippen LogP contribution in [-0.2, 0) is 9.53 Å². The topological polar surface area (TPSA) is 32.8 Å². The van der Waals surface area contributed by atoms with Gasteiger partial charge in [0.05, 0.1) is 13.0 Å². The molecule has 0 aromatic heterocycles. The lowest BCUT2D eigenvalue weighted by Gasteiger charge is -2.17. The number of ether oxygens (including phenoxy) is 1. The first-order chi connectivity index (χ1) is 6.13. The van der Waals surface area contributed by atoms with Crippen LogP contribution in [0.1, 0.15) is 0 Å². The molecule has 0 N–H and O–H groups in total. The molecule has 0 saturated carbocycles. The van der Waals surface area contributed by atoms with Gasteiger partial charge >= 0.3 is 5.97 Å². The van der Waals surface area contributed by atoms with Crippen molar-refractivity contribution in [2.45, 2.75) is 0 Å². The summed E-state index contributed by atoms with van der Waals surface area (Å²) >= 11 is 2.26. The molecule has 0 aromatic rings. The molecule has 0 aromatic carbocycles. The van der Waals surface area contributed by atoms with Gasteiger partial charge in [-0.25, -0.2) is 3.11 Å². The summed E-state index contributed by atoms with van der Waals surface area (Å²) in [5.41, 5.74) is 0. The summed E-state index contributed by atoms with van der Waals surface area (Å²) in [6, 6.07) is 0. The molecule has 13 heavy (non-hydrogen) atoms. The van der Waals surface area contributed by atoms with E-state index in [2.05, 4.69) is 30.9 Å². The third-order valence-corrected chi connectivity index (χ3v) is 3.09. The van der Waals surface area contributed by atoms with Crippen molar-refractivity contribution in [1.29, 1.82) is 0 Å². The maximum Gasteiger partial charge on any atom is 0.311 e. The molecular weight excluding hydrogens is 283 g/mol. The Morgan fingerprint density at radius 1 is 1.46 bits per heavy atom. The molecule has 1 aliphatic rings. The van der Waals surface area contributed by atoms with Gasteiger partial charge in [0.25, 0.3) is 0 Å². The Morgan fingerprint density at radius 3 is 2.77 bits per heavy atom. The van der Waals surface area contributed by atoms with Crippen molar-refractivity contribution in [3.8, 4) is 0 Å². The first kappa shape index (κ1) is 11.2. The van der Waals surface area contributed by atoms with E-state index >= 15 is 0 Å². The van der Waals surface area contributed by atoms with Crippen LogP contribution < -0.4 is 0 Å². The van der Waals surface area contributed by atoms with Crippen LogP contribution in [0.3, 0.4) is 0 Å². The second-order valence-corrected chi connectivity index (χ2v) is 4.72. The lowest BCUT2D eigenvalue weighted by atomic mass is 10.1. The molecule has 1 heterocycles. The number of likely N-dealkylation sites (N-methyl/N-ethyl adjacent to an activating group) is 1. The summed E-state index contributed by atoms with van der Waals surface area (Å²) in [6.45, 7) is 3.60. The van der Waals surface area contributed by atoms with E-state index in [-0.39, 0.29) is 11.9 Å². The Bertz CT molecular complexity index is 177. The Labute approximate surface area is 92.7 Å². The first-order valence-corrected chi connectivity index (χ1v) is 5.27. The fourth-order valence-corrected chi connectivity index (χ4v) is 2.14. The van der Waals surface area contributed by atoms with E-state index < -0.39 is 0 Å². The van der Waals surface area contributed by atoms with Crippen LogP contribution in [0, 0.1) is 5.92 Å². The molecule has 1 rings (SSSR count). The fourth-order valence-electron chi connectivity index (χ4n) is 1.45. The van der Waals surface area contributed by atoms with Gasteiger partial charge in [0.2, 0.25) is 0 Å². The maximum absolute atomic E-state index is 11.3. The van der Waals surface area contributed by atoms with Crippen LogP contribution >= 0.6 is 22.9 Å². The molecule has 1 saturated heterocycles. The van der Waals surface area contributed by atoms with Gasteiger partial charge in [-0.3, -0.25) is 4.79 Å². The van der Waals surface area contributed by atoms with Gasteiger partial charge in [0, 0.05) is 49.0 Å². The van der Waals surface area contributed by atoms with Crippen LogP contribution in [-0.4, -0.2) is 54.3 Å². The maximum atomic E-state index is 11.3. The van der Waals surface area contributed by atoms with Gasteiger partial charge < -0.3 is 9.64 Å². The molecular formula is C8H15IN2O2. The number of halogens is 1. The zero-order valence-electron chi connectivity index (χ0n) is 7.99. The normalized spacial score (nSPS) is 26.8. The van der Waals surface area contributed by atoms with Crippen LogP contribution in [0.15, 0.2) is 0 Å². The number of rotatable bonds is 1. The Morgan fingerprint density at radius 2 is 2.15 bits per heavy atom. The van der Waals surface area contributed by atoms with Crippen molar-refractivity contribution in [2.75, 3.05) is 40.3 Å². The van der Waals surface area contributed by atoms with Gasteiger partial charge in [0.1, 0.15) is 0 Å². The summed E-state index contributed by atoms with van der Waals surface area (Å²) in [6.07, 6.45) is 0. The molecule has 76 valence electrons. The quantitative estimate of drug-likeness (QED) is 0.398. The van der Waals surface area contributed by atoms with E-state index in [0.29, 0.717) is 0 Å². The number of hydrogen-bond donors (Lipinski definition) is 0. The van der Waals surface area contributed by atoms with E-state index in [1.165, 1.54) is 7.11 Å². The molecule has 0 bridgehead atoms. The van der Waals surface area contributed by atoms with Gasteiger partial charge in [-0.2, -0.15) is 0 Å². The molecule has 4 nitrogen and oxygen atoms in total. The van der Waals surface area contributed by atoms with Gasteiger partial charge in [-0.1, -0.05) is 0 Å². The summed E-state index contributed by atoms with van der Waals surface area (Å²) < 4.78 is 6.89. The summed E-state index contributed by atoms with van der Waals surface area (Å²) in [5, 5.41) is 0. The highest BCUT2D eigenvalue weighted by atomic mass is 127. The molecule has 1 atom stereocenters. The third kappa shape index (κ3) is 3.40. The van der Waals surface area contributed by atoms with Crippen molar-refractivity contribution in [3.05, 3.63) is 0 Å². The number of carbonyl (C=O) groups is 1. The molecule has 1 fully saturated rings. The van der Waals surface area contributed by atoms with E-state index in [9.17, 15) is 4.79 Å². The van der Waals surface area contributed by atoms with Gasteiger partial charge in [-0.05, 0) is 7.05 Å². The number of carbonyl (C=O) groups excluding carboxylic acids is 1. The predicted octanol–water partition coefficient (Wildman–Crippen LogP) is 0.373. The average molecular weight is 298 g/mol. The number of nitrogens with zero attached hydrogens (tertiary/aromatic N) is 2. The average Bonchev–Trinajstić information content (AvgIpc) is 2.27. The SMILES string of the molecule is COC(=O)C1CN(C)CCN(I)C1. The minimum absolute atomic E-state index is 0.00519. The van der Waals surface area contributed by atoms with Crippen LogP contribution in [0.4, 0.5) is 0 Å². The summed E-state index contributed by atoms with van der Waals surface area (Å²) in [7, 11) is 3.48. The molecule has 0 amide bonds. The van der Waals surface area contributed by atoms with E-state index in [1.54, 1.807) is 0 Å². The van der Waals surface area contributed by atoms with Crippen molar-refractivity contribution in [2.24, 2.45) is 5.92 Å². The lowest BCUT2D eigenvalue weighted by Crippen LogP contribution is -2.32. The Balaban J connectivity index is 2.56. The van der Waals surface area contributed by atoms with Crippen LogP contribution in [0.5, 0.6) is 0 Å². The van der Waals surface area contributed by atoms with Crippen molar-refractivity contribution in [1.82, 2.24) is 8.01 Å².